The van der Waals surface area contributed by atoms with Crippen LogP contribution in [0.15, 0.2) is 40.9 Å². The fourth-order valence-electron chi connectivity index (χ4n) is 3.18. The summed E-state index contributed by atoms with van der Waals surface area (Å²) in [5.74, 6) is -0.368. The van der Waals surface area contributed by atoms with Gasteiger partial charge in [0, 0.05) is 17.1 Å². The average Bonchev–Trinajstić information content (AvgIpc) is 3.02. The Labute approximate surface area is 160 Å². The SMILES string of the molecule is O=C(NC1Cc2ccc(C(O)NCCO)cc2C1)c1cc(Br)ccc1O. The van der Waals surface area contributed by atoms with Gasteiger partial charge in [0.2, 0.25) is 0 Å². The molecule has 6 nitrogen and oxygen atoms in total. The Kier molecular flexibility index (Phi) is 5.93. The molecule has 1 aliphatic carbocycles. The van der Waals surface area contributed by atoms with Crippen molar-refractivity contribution in [1.82, 2.24) is 10.6 Å². The van der Waals surface area contributed by atoms with Crippen LogP contribution in [0.4, 0.5) is 0 Å². The number of rotatable bonds is 6. The second-order valence-corrected chi connectivity index (χ2v) is 7.26. The van der Waals surface area contributed by atoms with E-state index in [1.54, 1.807) is 12.1 Å². The topological polar surface area (TPSA) is 102 Å². The molecule has 0 aliphatic heterocycles. The molecule has 138 valence electrons. The van der Waals surface area contributed by atoms with Gasteiger partial charge in [0.1, 0.15) is 12.0 Å². The maximum Gasteiger partial charge on any atom is 0.255 e. The van der Waals surface area contributed by atoms with E-state index in [0.29, 0.717) is 19.4 Å². The van der Waals surface area contributed by atoms with Crippen LogP contribution in [0.2, 0.25) is 0 Å². The molecule has 1 aliphatic rings. The van der Waals surface area contributed by atoms with Gasteiger partial charge in [0.25, 0.3) is 5.91 Å². The third-order valence-corrected chi connectivity index (χ3v) is 4.96. The standard InChI is InChI=1S/C19H21BrN2O4/c20-14-3-4-17(24)16(10-14)19(26)22-15-8-11-1-2-12(7-13(11)9-15)18(25)21-5-6-23/h1-4,7,10,15,18,21,23-25H,5-6,8-9H2,(H,22,26). The number of carbonyl (C=O) groups is 1. The summed E-state index contributed by atoms with van der Waals surface area (Å²) < 4.78 is 0.726. The molecule has 7 heteroatoms. The summed E-state index contributed by atoms with van der Waals surface area (Å²) in [6.07, 6.45) is 0.534. The van der Waals surface area contributed by atoms with E-state index in [0.717, 1.165) is 21.2 Å². The average molecular weight is 421 g/mol. The van der Waals surface area contributed by atoms with Gasteiger partial charge in [-0.15, -0.1) is 0 Å². The maximum absolute atomic E-state index is 12.5. The maximum atomic E-state index is 12.5. The second kappa shape index (κ2) is 8.18. The lowest BCUT2D eigenvalue weighted by Crippen LogP contribution is -2.35. The predicted molar refractivity (Wildman–Crippen MR) is 101 cm³/mol. The van der Waals surface area contributed by atoms with Crippen LogP contribution in [0.5, 0.6) is 5.75 Å². The fraction of sp³-hybridized carbons (Fsp3) is 0.316. The molecule has 5 N–H and O–H groups in total. The highest BCUT2D eigenvalue weighted by Crippen LogP contribution is 2.27. The van der Waals surface area contributed by atoms with Crippen LogP contribution in [-0.2, 0) is 12.8 Å². The molecule has 2 unspecified atom stereocenters. The van der Waals surface area contributed by atoms with Crippen LogP contribution in [0.3, 0.4) is 0 Å². The first-order valence-electron chi connectivity index (χ1n) is 8.41. The van der Waals surface area contributed by atoms with Crippen LogP contribution in [0.25, 0.3) is 0 Å². The molecule has 0 radical (unpaired) electrons. The molecule has 2 aromatic carbocycles. The molecule has 2 aromatic rings. The van der Waals surface area contributed by atoms with Crippen molar-refractivity contribution < 1.29 is 20.1 Å². The molecule has 0 heterocycles. The van der Waals surface area contributed by atoms with Gasteiger partial charge in [-0.25, -0.2) is 0 Å². The summed E-state index contributed by atoms with van der Waals surface area (Å²) in [6.45, 7) is 0.269. The van der Waals surface area contributed by atoms with Crippen molar-refractivity contribution in [2.24, 2.45) is 0 Å². The number of aromatic hydroxyl groups is 1. The lowest BCUT2D eigenvalue weighted by Gasteiger charge is -2.13. The first kappa shape index (κ1) is 18.8. The van der Waals surface area contributed by atoms with Crippen molar-refractivity contribution in [3.63, 3.8) is 0 Å². The Morgan fingerprint density at radius 1 is 1.19 bits per heavy atom. The van der Waals surface area contributed by atoms with Gasteiger partial charge in [0.05, 0.1) is 12.2 Å². The smallest absolute Gasteiger partial charge is 0.255 e. The first-order valence-corrected chi connectivity index (χ1v) is 9.20. The second-order valence-electron chi connectivity index (χ2n) is 6.35. The monoisotopic (exact) mass is 420 g/mol. The van der Waals surface area contributed by atoms with Crippen molar-refractivity contribution in [2.45, 2.75) is 25.1 Å². The third kappa shape index (κ3) is 4.24. The van der Waals surface area contributed by atoms with Crippen LogP contribution in [0.1, 0.15) is 33.3 Å². The summed E-state index contributed by atoms with van der Waals surface area (Å²) in [5, 5.41) is 34.6. The van der Waals surface area contributed by atoms with Gasteiger partial charge in [-0.2, -0.15) is 0 Å². The number of phenols is 1. The molecule has 3 rings (SSSR count). The van der Waals surface area contributed by atoms with Crippen molar-refractivity contribution >= 4 is 21.8 Å². The van der Waals surface area contributed by atoms with Gasteiger partial charge < -0.3 is 20.6 Å². The lowest BCUT2D eigenvalue weighted by atomic mass is 10.1. The highest BCUT2D eigenvalue weighted by Gasteiger charge is 2.25. The van der Waals surface area contributed by atoms with E-state index in [-0.39, 0.29) is 29.9 Å². The Balaban J connectivity index is 1.67. The summed E-state index contributed by atoms with van der Waals surface area (Å²) in [5.41, 5.74) is 3.18. The summed E-state index contributed by atoms with van der Waals surface area (Å²) >= 11 is 3.30. The lowest BCUT2D eigenvalue weighted by molar-refractivity contribution is 0.0935. The highest BCUT2D eigenvalue weighted by atomic mass is 79.9. The number of benzene rings is 2. The molecule has 2 atom stereocenters. The van der Waals surface area contributed by atoms with E-state index in [2.05, 4.69) is 26.6 Å². The Morgan fingerprint density at radius 2 is 1.96 bits per heavy atom. The van der Waals surface area contributed by atoms with E-state index in [1.165, 1.54) is 6.07 Å². The van der Waals surface area contributed by atoms with Gasteiger partial charge in [-0.3, -0.25) is 10.1 Å². The van der Waals surface area contributed by atoms with Gasteiger partial charge in [0.15, 0.2) is 0 Å². The summed E-state index contributed by atoms with van der Waals surface area (Å²) in [4.78, 5) is 12.5. The number of aliphatic hydroxyl groups excluding tert-OH is 2. The molecule has 0 bridgehead atoms. The molecule has 0 aromatic heterocycles. The Bertz CT molecular complexity index is 812. The number of fused-ring (bicyclic) bond motifs is 1. The van der Waals surface area contributed by atoms with Crippen molar-refractivity contribution in [1.29, 1.82) is 0 Å². The number of amides is 1. The van der Waals surface area contributed by atoms with E-state index in [4.69, 9.17) is 5.11 Å². The number of halogens is 1. The molecular weight excluding hydrogens is 400 g/mol. The van der Waals surface area contributed by atoms with Gasteiger partial charge in [-0.1, -0.05) is 34.1 Å². The zero-order valence-electron chi connectivity index (χ0n) is 14.1. The van der Waals surface area contributed by atoms with E-state index < -0.39 is 6.23 Å². The molecule has 0 saturated carbocycles. The summed E-state index contributed by atoms with van der Waals surface area (Å²) in [6, 6.07) is 10.4. The number of aliphatic hydroxyl groups is 2. The first-order chi connectivity index (χ1) is 12.5. The number of phenolic OH excluding ortho intramolecular Hbond substituents is 1. The van der Waals surface area contributed by atoms with E-state index in [9.17, 15) is 15.0 Å². The number of nitrogens with one attached hydrogen (secondary N) is 2. The van der Waals surface area contributed by atoms with Crippen LogP contribution in [0, 0.1) is 0 Å². The zero-order valence-corrected chi connectivity index (χ0v) is 15.7. The molecule has 0 saturated heterocycles. The Morgan fingerprint density at radius 3 is 2.73 bits per heavy atom. The summed E-state index contributed by atoms with van der Waals surface area (Å²) in [7, 11) is 0. The van der Waals surface area contributed by atoms with E-state index >= 15 is 0 Å². The van der Waals surface area contributed by atoms with Gasteiger partial charge in [-0.05, 0) is 47.7 Å². The molecular formula is C19H21BrN2O4. The largest absolute Gasteiger partial charge is 0.507 e. The zero-order chi connectivity index (χ0) is 18.7. The van der Waals surface area contributed by atoms with Crippen molar-refractivity contribution in [3.8, 4) is 5.75 Å². The minimum atomic E-state index is -0.834. The van der Waals surface area contributed by atoms with Gasteiger partial charge >= 0.3 is 0 Å². The normalized spacial score (nSPS) is 17.0. The number of carbonyl (C=O) groups excluding carboxylic acids is 1. The molecule has 0 spiro atoms. The number of hydrogen-bond donors (Lipinski definition) is 5. The highest BCUT2D eigenvalue weighted by molar-refractivity contribution is 9.10. The van der Waals surface area contributed by atoms with E-state index in [1.807, 2.05) is 18.2 Å². The predicted octanol–water partition coefficient (Wildman–Crippen LogP) is 1.62. The quantitative estimate of drug-likeness (QED) is 0.457. The molecule has 26 heavy (non-hydrogen) atoms. The Hall–Kier alpha value is -1.93. The fourth-order valence-corrected chi connectivity index (χ4v) is 3.54. The van der Waals surface area contributed by atoms with Crippen LogP contribution >= 0.6 is 15.9 Å². The minimum absolute atomic E-state index is 0.0431. The van der Waals surface area contributed by atoms with Crippen LogP contribution in [-0.4, -0.2) is 40.4 Å². The van der Waals surface area contributed by atoms with Crippen LogP contribution < -0.4 is 10.6 Å². The number of hydrogen-bond acceptors (Lipinski definition) is 5. The third-order valence-electron chi connectivity index (χ3n) is 4.47. The molecule has 1 amide bonds. The van der Waals surface area contributed by atoms with Crippen molar-refractivity contribution in [3.05, 3.63) is 63.1 Å². The van der Waals surface area contributed by atoms with Crippen molar-refractivity contribution in [2.75, 3.05) is 13.2 Å². The minimum Gasteiger partial charge on any atom is -0.507 e. The molecule has 0 fully saturated rings.